The molecule has 0 atom stereocenters. The van der Waals surface area contributed by atoms with Crippen molar-refractivity contribution < 1.29 is 23.9 Å². The van der Waals surface area contributed by atoms with Gasteiger partial charge in [-0.1, -0.05) is 30.3 Å². The highest BCUT2D eigenvalue weighted by Gasteiger charge is 2.32. The number of aromatic nitrogens is 1. The third kappa shape index (κ3) is 4.27. The van der Waals surface area contributed by atoms with Gasteiger partial charge in [-0.2, -0.15) is 0 Å². The monoisotopic (exact) mass is 371 g/mol. The van der Waals surface area contributed by atoms with E-state index >= 15 is 0 Å². The number of nitrogens with one attached hydrogen (secondary N) is 1. The summed E-state index contributed by atoms with van der Waals surface area (Å²) < 4.78 is 10.3. The quantitative estimate of drug-likeness (QED) is 0.595. The van der Waals surface area contributed by atoms with Gasteiger partial charge in [0.2, 0.25) is 5.78 Å². The van der Waals surface area contributed by atoms with Crippen molar-refractivity contribution in [2.24, 2.45) is 0 Å². The normalized spacial score (nSPS) is 11.1. The van der Waals surface area contributed by atoms with E-state index < -0.39 is 29.7 Å². The minimum atomic E-state index is -0.877. The molecule has 0 aliphatic carbocycles. The van der Waals surface area contributed by atoms with Gasteiger partial charge >= 0.3 is 11.9 Å². The minimum absolute atomic E-state index is 0.248. The smallest absolute Gasteiger partial charge is 0.340 e. The number of rotatable bonds is 7. The molecule has 1 N–H and O–H groups in total. The number of ketones is 1. The molecule has 1 heterocycles. The number of aryl methyl sites for hydroxylation is 1. The van der Waals surface area contributed by atoms with Crippen LogP contribution in [0.1, 0.15) is 58.4 Å². The number of carbonyl (C=O) groups excluding carboxylic acids is 3. The summed E-state index contributed by atoms with van der Waals surface area (Å²) >= 11 is 0. The number of aromatic amines is 1. The highest BCUT2D eigenvalue weighted by atomic mass is 16.5. The van der Waals surface area contributed by atoms with Crippen LogP contribution in [0.15, 0.2) is 30.3 Å². The topological polar surface area (TPSA) is 85.5 Å². The van der Waals surface area contributed by atoms with Gasteiger partial charge < -0.3 is 14.5 Å². The lowest BCUT2D eigenvalue weighted by atomic mass is 9.85. The van der Waals surface area contributed by atoms with Crippen LogP contribution >= 0.6 is 0 Å². The summed E-state index contributed by atoms with van der Waals surface area (Å²) in [7, 11) is 0. The predicted molar refractivity (Wildman–Crippen MR) is 101 cm³/mol. The number of esters is 2. The number of Topliss-reactive ketones (excluding diaryl/α,β-unsaturated/α-hetero) is 1. The number of carbonyl (C=O) groups is 3. The van der Waals surface area contributed by atoms with E-state index in [4.69, 9.17) is 9.47 Å². The molecule has 6 nitrogen and oxygen atoms in total. The fourth-order valence-corrected chi connectivity index (χ4v) is 2.89. The number of hydrogen-bond donors (Lipinski definition) is 1. The van der Waals surface area contributed by atoms with Crippen LogP contribution in [0.2, 0.25) is 0 Å². The molecular formula is C21H25NO5. The molecule has 2 rings (SSSR count). The molecule has 0 aliphatic heterocycles. The Morgan fingerprint density at radius 1 is 1.04 bits per heavy atom. The van der Waals surface area contributed by atoms with Gasteiger partial charge in [0.1, 0.15) is 0 Å². The summed E-state index contributed by atoms with van der Waals surface area (Å²) in [5, 5.41) is 0. The van der Waals surface area contributed by atoms with Crippen LogP contribution in [-0.4, -0.2) is 35.9 Å². The average molecular weight is 371 g/mol. The van der Waals surface area contributed by atoms with Crippen molar-refractivity contribution in [2.75, 3.05) is 13.2 Å². The van der Waals surface area contributed by atoms with Crippen molar-refractivity contribution in [3.05, 3.63) is 58.4 Å². The molecule has 144 valence electrons. The molecule has 1 aromatic heterocycles. The predicted octanol–water partition coefficient (Wildman–Crippen LogP) is 3.51. The van der Waals surface area contributed by atoms with Crippen molar-refractivity contribution >= 4 is 17.7 Å². The first-order valence-corrected chi connectivity index (χ1v) is 8.82. The Morgan fingerprint density at radius 3 is 2.26 bits per heavy atom. The van der Waals surface area contributed by atoms with Crippen LogP contribution in [0.25, 0.3) is 0 Å². The molecule has 0 saturated heterocycles. The Bertz CT molecular complexity index is 849. The van der Waals surface area contributed by atoms with E-state index in [1.54, 1.807) is 34.6 Å². The summed E-state index contributed by atoms with van der Waals surface area (Å²) in [5.74, 6) is -1.37. The van der Waals surface area contributed by atoms with Gasteiger partial charge in [-0.25, -0.2) is 4.79 Å². The van der Waals surface area contributed by atoms with Gasteiger partial charge in [0, 0.05) is 5.69 Å². The average Bonchev–Trinajstić information content (AvgIpc) is 2.94. The van der Waals surface area contributed by atoms with Gasteiger partial charge in [0.05, 0.1) is 23.3 Å². The molecule has 1 aromatic carbocycles. The maximum Gasteiger partial charge on any atom is 0.340 e. The van der Waals surface area contributed by atoms with Gasteiger partial charge in [-0.3, -0.25) is 9.59 Å². The maximum absolute atomic E-state index is 12.5. The molecule has 0 unspecified atom stereocenters. The largest absolute Gasteiger partial charge is 0.462 e. The summed E-state index contributed by atoms with van der Waals surface area (Å²) in [6, 6.07) is 9.24. The van der Waals surface area contributed by atoms with E-state index in [1.165, 1.54) is 0 Å². The third-order valence-corrected chi connectivity index (χ3v) is 4.54. The van der Waals surface area contributed by atoms with E-state index in [0.29, 0.717) is 16.8 Å². The minimum Gasteiger partial charge on any atom is -0.462 e. The standard InChI is InChI=1S/C21H25NO5/c1-6-26-19(24)17-13(2)18(22-14(17)3)16(23)12-27-20(25)21(4,5)15-10-8-7-9-11-15/h7-11,22H,6,12H2,1-5H3. The second-order valence-electron chi connectivity index (χ2n) is 6.84. The zero-order valence-electron chi connectivity index (χ0n) is 16.3. The molecule has 2 aromatic rings. The number of H-pyrrole nitrogens is 1. The fourth-order valence-electron chi connectivity index (χ4n) is 2.89. The van der Waals surface area contributed by atoms with Gasteiger partial charge in [-0.05, 0) is 45.7 Å². The highest BCUT2D eigenvalue weighted by molar-refractivity contribution is 6.02. The van der Waals surface area contributed by atoms with E-state index in [2.05, 4.69) is 4.98 Å². The molecular weight excluding hydrogens is 346 g/mol. The summed E-state index contributed by atoms with van der Waals surface area (Å²) in [6.45, 7) is 8.42. The molecule has 27 heavy (non-hydrogen) atoms. The van der Waals surface area contributed by atoms with Gasteiger partial charge in [-0.15, -0.1) is 0 Å². The molecule has 0 amide bonds. The molecule has 0 fully saturated rings. The van der Waals surface area contributed by atoms with Gasteiger partial charge in [0.25, 0.3) is 0 Å². The van der Waals surface area contributed by atoms with Crippen molar-refractivity contribution in [1.29, 1.82) is 0 Å². The Hall–Kier alpha value is -2.89. The maximum atomic E-state index is 12.5. The van der Waals surface area contributed by atoms with Crippen molar-refractivity contribution in [3.63, 3.8) is 0 Å². The van der Waals surface area contributed by atoms with Crippen molar-refractivity contribution in [3.8, 4) is 0 Å². The lowest BCUT2D eigenvalue weighted by molar-refractivity contribution is -0.148. The lowest BCUT2D eigenvalue weighted by Gasteiger charge is -2.22. The third-order valence-electron chi connectivity index (χ3n) is 4.54. The first-order chi connectivity index (χ1) is 12.7. The van der Waals surface area contributed by atoms with Crippen LogP contribution in [0.3, 0.4) is 0 Å². The first kappa shape index (κ1) is 20.4. The van der Waals surface area contributed by atoms with Crippen LogP contribution in [0.5, 0.6) is 0 Å². The summed E-state index contributed by atoms with van der Waals surface area (Å²) in [5.41, 5.74) is 1.56. The van der Waals surface area contributed by atoms with Crippen LogP contribution in [0, 0.1) is 13.8 Å². The van der Waals surface area contributed by atoms with E-state index in [0.717, 1.165) is 5.56 Å². The molecule has 0 radical (unpaired) electrons. The van der Waals surface area contributed by atoms with Crippen LogP contribution in [-0.2, 0) is 19.7 Å². The Labute approximate surface area is 158 Å². The number of hydrogen-bond acceptors (Lipinski definition) is 5. The Morgan fingerprint density at radius 2 is 1.67 bits per heavy atom. The fraction of sp³-hybridized carbons (Fsp3) is 0.381. The number of benzene rings is 1. The molecule has 6 heteroatoms. The zero-order chi connectivity index (χ0) is 20.2. The van der Waals surface area contributed by atoms with E-state index in [9.17, 15) is 14.4 Å². The second kappa shape index (κ2) is 8.20. The molecule has 0 aliphatic rings. The lowest BCUT2D eigenvalue weighted by Crippen LogP contribution is -2.32. The van der Waals surface area contributed by atoms with Crippen LogP contribution < -0.4 is 0 Å². The van der Waals surface area contributed by atoms with E-state index in [1.807, 2.05) is 30.3 Å². The number of ether oxygens (including phenoxy) is 2. The first-order valence-electron chi connectivity index (χ1n) is 8.82. The van der Waals surface area contributed by atoms with Gasteiger partial charge in [0.15, 0.2) is 6.61 Å². The molecule has 0 saturated carbocycles. The molecule has 0 bridgehead atoms. The summed E-state index contributed by atoms with van der Waals surface area (Å²) in [6.07, 6.45) is 0. The van der Waals surface area contributed by atoms with E-state index in [-0.39, 0.29) is 12.3 Å². The van der Waals surface area contributed by atoms with Crippen molar-refractivity contribution in [1.82, 2.24) is 4.98 Å². The van der Waals surface area contributed by atoms with Crippen LogP contribution in [0.4, 0.5) is 0 Å². The highest BCUT2D eigenvalue weighted by Crippen LogP contribution is 2.25. The SMILES string of the molecule is CCOC(=O)c1c(C)[nH]c(C(=O)COC(=O)C(C)(C)c2ccccc2)c1C. The Balaban J connectivity index is 2.11. The zero-order valence-corrected chi connectivity index (χ0v) is 16.3. The Kier molecular flexibility index (Phi) is 6.20. The second-order valence-corrected chi connectivity index (χ2v) is 6.84. The van der Waals surface area contributed by atoms with Crippen molar-refractivity contribution in [2.45, 2.75) is 40.0 Å². The molecule has 0 spiro atoms. The summed E-state index contributed by atoms with van der Waals surface area (Å²) in [4.78, 5) is 40.0.